The zero-order valence-electron chi connectivity index (χ0n) is 10.7. The lowest BCUT2D eigenvalue weighted by atomic mass is 10.1. The second-order valence-corrected chi connectivity index (χ2v) is 4.80. The van der Waals surface area contributed by atoms with Gasteiger partial charge < -0.3 is 10.2 Å². The van der Waals surface area contributed by atoms with Crippen molar-refractivity contribution in [1.82, 2.24) is 4.98 Å². The molecular weight excluding hydrogens is 310 g/mol. The molecular formula is C13H14BrN3O2. The number of nitrogens with zero attached hydrogens (tertiary/aromatic N) is 1. The van der Waals surface area contributed by atoms with E-state index >= 15 is 0 Å². The standard InChI is InChI=1S/C13H14BrN3O2/c1-3-19-13(18)9-6-16-12-8(11(9)17-15)5-4-7(2)10(12)14/h4-6H,3,15H2,1-2H3,(H,16,17). The summed E-state index contributed by atoms with van der Waals surface area (Å²) in [5.74, 6) is 5.09. The van der Waals surface area contributed by atoms with Crippen molar-refractivity contribution in [3.63, 3.8) is 0 Å². The van der Waals surface area contributed by atoms with Crippen LogP contribution in [0.1, 0.15) is 22.8 Å². The van der Waals surface area contributed by atoms with Gasteiger partial charge in [-0.3, -0.25) is 10.8 Å². The zero-order valence-corrected chi connectivity index (χ0v) is 12.2. The summed E-state index contributed by atoms with van der Waals surface area (Å²) in [6.45, 7) is 4.03. The predicted octanol–water partition coefficient (Wildman–Crippen LogP) is 2.77. The molecule has 0 aliphatic carbocycles. The molecule has 2 aromatic rings. The van der Waals surface area contributed by atoms with Crippen LogP contribution >= 0.6 is 15.9 Å². The highest BCUT2D eigenvalue weighted by Gasteiger charge is 2.17. The minimum Gasteiger partial charge on any atom is -0.462 e. The smallest absolute Gasteiger partial charge is 0.341 e. The monoisotopic (exact) mass is 323 g/mol. The van der Waals surface area contributed by atoms with Crippen LogP contribution in [-0.4, -0.2) is 17.6 Å². The molecule has 0 saturated heterocycles. The number of pyridine rings is 1. The molecule has 0 fully saturated rings. The Bertz CT molecular complexity index is 643. The number of anilines is 1. The Morgan fingerprint density at radius 3 is 2.89 bits per heavy atom. The van der Waals surface area contributed by atoms with E-state index in [0.29, 0.717) is 17.9 Å². The van der Waals surface area contributed by atoms with Gasteiger partial charge in [0.05, 0.1) is 17.8 Å². The summed E-state index contributed by atoms with van der Waals surface area (Å²) in [6, 6.07) is 3.81. The van der Waals surface area contributed by atoms with Gasteiger partial charge in [0.1, 0.15) is 5.56 Å². The van der Waals surface area contributed by atoms with E-state index in [1.165, 1.54) is 6.20 Å². The van der Waals surface area contributed by atoms with E-state index in [2.05, 4.69) is 26.3 Å². The highest BCUT2D eigenvalue weighted by molar-refractivity contribution is 9.10. The molecule has 1 aromatic carbocycles. The van der Waals surface area contributed by atoms with Crippen LogP contribution in [0.25, 0.3) is 10.9 Å². The lowest BCUT2D eigenvalue weighted by Gasteiger charge is -2.12. The quantitative estimate of drug-likeness (QED) is 0.516. The maximum absolute atomic E-state index is 11.9. The van der Waals surface area contributed by atoms with E-state index in [9.17, 15) is 4.79 Å². The van der Waals surface area contributed by atoms with Crippen LogP contribution in [0.15, 0.2) is 22.8 Å². The minimum atomic E-state index is -0.443. The molecule has 6 heteroatoms. The van der Waals surface area contributed by atoms with Crippen LogP contribution in [0.4, 0.5) is 5.69 Å². The molecule has 3 N–H and O–H groups in total. The number of nitrogens with two attached hydrogens (primary N) is 1. The number of halogens is 1. The number of esters is 1. The van der Waals surface area contributed by atoms with Crippen molar-refractivity contribution in [2.75, 3.05) is 12.0 Å². The number of ether oxygens (including phenoxy) is 1. The van der Waals surface area contributed by atoms with Gasteiger partial charge in [0.25, 0.3) is 0 Å². The fraction of sp³-hybridized carbons (Fsp3) is 0.231. The molecule has 0 aliphatic rings. The fourth-order valence-corrected chi connectivity index (χ4v) is 2.30. The third kappa shape index (κ3) is 2.41. The molecule has 0 amide bonds. The second-order valence-electron chi connectivity index (χ2n) is 4.00. The van der Waals surface area contributed by atoms with Gasteiger partial charge in [-0.2, -0.15) is 0 Å². The first kappa shape index (κ1) is 13.8. The molecule has 1 heterocycles. The maximum atomic E-state index is 11.9. The van der Waals surface area contributed by atoms with Gasteiger partial charge in [-0.1, -0.05) is 12.1 Å². The first-order valence-electron chi connectivity index (χ1n) is 5.81. The van der Waals surface area contributed by atoms with Crippen molar-refractivity contribution >= 4 is 38.5 Å². The zero-order chi connectivity index (χ0) is 14.0. The van der Waals surface area contributed by atoms with Crippen molar-refractivity contribution in [3.05, 3.63) is 33.9 Å². The number of carbonyl (C=O) groups is 1. The molecule has 1 aromatic heterocycles. The van der Waals surface area contributed by atoms with E-state index in [1.807, 2.05) is 19.1 Å². The first-order valence-corrected chi connectivity index (χ1v) is 6.61. The lowest BCUT2D eigenvalue weighted by Crippen LogP contribution is -2.15. The SMILES string of the molecule is CCOC(=O)c1cnc2c(Br)c(C)ccc2c1NN. The van der Waals surface area contributed by atoms with Crippen LogP contribution in [0.5, 0.6) is 0 Å². The number of rotatable bonds is 3. The Balaban J connectivity index is 2.70. The normalized spacial score (nSPS) is 10.5. The summed E-state index contributed by atoms with van der Waals surface area (Å²) in [5, 5.41) is 0.769. The number of nitrogens with one attached hydrogen (secondary N) is 1. The fourth-order valence-electron chi connectivity index (χ4n) is 1.85. The van der Waals surface area contributed by atoms with Gasteiger partial charge in [0, 0.05) is 16.1 Å². The number of hydrogen-bond donors (Lipinski definition) is 2. The number of aromatic nitrogens is 1. The van der Waals surface area contributed by atoms with E-state index < -0.39 is 5.97 Å². The summed E-state index contributed by atoms with van der Waals surface area (Å²) >= 11 is 3.49. The molecule has 0 bridgehead atoms. The molecule has 19 heavy (non-hydrogen) atoms. The van der Waals surface area contributed by atoms with Gasteiger partial charge in [-0.05, 0) is 35.3 Å². The van der Waals surface area contributed by atoms with Crippen molar-refractivity contribution in [3.8, 4) is 0 Å². The number of nitrogen functional groups attached to an aromatic ring is 1. The molecule has 0 saturated carbocycles. The molecule has 0 atom stereocenters. The number of carbonyl (C=O) groups excluding carboxylic acids is 1. The van der Waals surface area contributed by atoms with E-state index in [0.717, 1.165) is 20.9 Å². The maximum Gasteiger partial charge on any atom is 0.341 e. The van der Waals surface area contributed by atoms with Gasteiger partial charge in [0.15, 0.2) is 0 Å². The van der Waals surface area contributed by atoms with Crippen molar-refractivity contribution < 1.29 is 9.53 Å². The van der Waals surface area contributed by atoms with E-state index in [1.54, 1.807) is 6.92 Å². The Labute approximate surface area is 119 Å². The summed E-state index contributed by atoms with van der Waals surface area (Å²) < 4.78 is 5.87. The van der Waals surface area contributed by atoms with Gasteiger partial charge in [-0.15, -0.1) is 0 Å². The highest BCUT2D eigenvalue weighted by atomic mass is 79.9. The highest BCUT2D eigenvalue weighted by Crippen LogP contribution is 2.32. The van der Waals surface area contributed by atoms with E-state index in [-0.39, 0.29) is 0 Å². The Morgan fingerprint density at radius 2 is 2.26 bits per heavy atom. The third-order valence-corrected chi connectivity index (χ3v) is 3.81. The topological polar surface area (TPSA) is 77.2 Å². The first-order chi connectivity index (χ1) is 9.10. The molecule has 0 spiro atoms. The Kier molecular flexibility index (Phi) is 4.01. The molecule has 100 valence electrons. The summed E-state index contributed by atoms with van der Waals surface area (Å²) in [4.78, 5) is 16.2. The van der Waals surface area contributed by atoms with Crippen molar-refractivity contribution in [1.29, 1.82) is 0 Å². The summed E-state index contributed by atoms with van der Waals surface area (Å²) in [6.07, 6.45) is 1.47. The number of aryl methyl sites for hydroxylation is 1. The molecule has 2 rings (SSSR count). The van der Waals surface area contributed by atoms with Crippen LogP contribution in [0, 0.1) is 6.92 Å². The average molecular weight is 324 g/mol. The Hall–Kier alpha value is -1.66. The van der Waals surface area contributed by atoms with Crippen LogP contribution < -0.4 is 11.3 Å². The lowest BCUT2D eigenvalue weighted by molar-refractivity contribution is 0.0527. The summed E-state index contributed by atoms with van der Waals surface area (Å²) in [5.41, 5.74) is 5.22. The van der Waals surface area contributed by atoms with Gasteiger partial charge in [-0.25, -0.2) is 4.79 Å². The van der Waals surface area contributed by atoms with Gasteiger partial charge in [0.2, 0.25) is 0 Å². The van der Waals surface area contributed by atoms with Crippen LogP contribution in [0.3, 0.4) is 0 Å². The molecule has 0 unspecified atom stereocenters. The number of hydrazine groups is 1. The number of benzene rings is 1. The van der Waals surface area contributed by atoms with Crippen molar-refractivity contribution in [2.45, 2.75) is 13.8 Å². The number of hydrogen-bond acceptors (Lipinski definition) is 5. The van der Waals surface area contributed by atoms with E-state index in [4.69, 9.17) is 10.6 Å². The summed E-state index contributed by atoms with van der Waals surface area (Å²) in [7, 11) is 0. The third-order valence-electron chi connectivity index (χ3n) is 2.81. The van der Waals surface area contributed by atoms with Crippen LogP contribution in [-0.2, 0) is 4.74 Å². The predicted molar refractivity (Wildman–Crippen MR) is 77.9 cm³/mol. The van der Waals surface area contributed by atoms with Crippen molar-refractivity contribution in [2.24, 2.45) is 5.84 Å². The van der Waals surface area contributed by atoms with Gasteiger partial charge >= 0.3 is 5.97 Å². The van der Waals surface area contributed by atoms with Crippen LogP contribution in [0.2, 0.25) is 0 Å². The molecule has 0 aliphatic heterocycles. The molecule has 5 nitrogen and oxygen atoms in total. The molecule has 0 radical (unpaired) electrons. The Morgan fingerprint density at radius 1 is 1.53 bits per heavy atom. The largest absolute Gasteiger partial charge is 0.462 e. The average Bonchev–Trinajstić information content (AvgIpc) is 2.41. The number of fused-ring (bicyclic) bond motifs is 1. The second kappa shape index (κ2) is 5.54. The minimum absolute atomic E-state index is 0.304.